The molecule has 0 saturated carbocycles. The van der Waals surface area contributed by atoms with Crippen molar-refractivity contribution < 1.29 is 34.1 Å². The van der Waals surface area contributed by atoms with Crippen LogP contribution in [0.5, 0.6) is 0 Å². The second-order valence-electron chi connectivity index (χ2n) is 4.93. The summed E-state index contributed by atoms with van der Waals surface area (Å²) in [5, 5.41) is 17.0. The van der Waals surface area contributed by atoms with Crippen LogP contribution in [0.4, 0.5) is 0 Å². The van der Waals surface area contributed by atoms with Crippen molar-refractivity contribution in [3.63, 3.8) is 0 Å². The minimum Gasteiger partial charge on any atom is -0.481 e. The summed E-state index contributed by atoms with van der Waals surface area (Å²) in [5.74, 6) is -1.47. The lowest BCUT2D eigenvalue weighted by molar-refractivity contribution is -0.146. The van der Waals surface area contributed by atoms with Gasteiger partial charge in [-0.3, -0.25) is 14.4 Å². The van der Waals surface area contributed by atoms with Crippen molar-refractivity contribution in [2.24, 2.45) is 0 Å². The predicted molar refractivity (Wildman–Crippen MR) is 78.2 cm³/mol. The molecule has 7 heteroatoms. The van der Waals surface area contributed by atoms with E-state index in [1.165, 1.54) is 0 Å². The molecule has 0 unspecified atom stereocenters. The van der Waals surface area contributed by atoms with Crippen molar-refractivity contribution in [3.8, 4) is 0 Å². The van der Waals surface area contributed by atoms with E-state index >= 15 is 0 Å². The monoisotopic (exact) mass is 318 g/mol. The molecule has 0 bridgehead atoms. The zero-order valence-corrected chi connectivity index (χ0v) is 12.9. The Kier molecular flexibility index (Phi) is 13.3. The topological polar surface area (TPSA) is 110 Å². The third-order valence-electron chi connectivity index (χ3n) is 2.88. The van der Waals surface area contributed by atoms with E-state index in [9.17, 15) is 14.4 Å². The minimum absolute atomic E-state index is 0.0813. The Hall–Kier alpha value is -1.63. The van der Waals surface area contributed by atoms with Gasteiger partial charge in [0, 0.05) is 25.9 Å². The fourth-order valence-electron chi connectivity index (χ4n) is 1.65. The minimum atomic E-state index is -0.852. The lowest BCUT2D eigenvalue weighted by Crippen LogP contribution is -2.08. The zero-order valence-electron chi connectivity index (χ0n) is 12.9. The summed E-state index contributed by atoms with van der Waals surface area (Å²) in [5.41, 5.74) is 0. The number of hydrogen-bond acceptors (Lipinski definition) is 6. The van der Waals surface area contributed by atoms with Crippen LogP contribution in [0.2, 0.25) is 0 Å². The van der Waals surface area contributed by atoms with Crippen molar-refractivity contribution in [2.45, 2.75) is 57.8 Å². The Bertz CT molecular complexity index is 328. The molecule has 128 valence electrons. The average Bonchev–Trinajstić information content (AvgIpc) is 2.47. The van der Waals surface area contributed by atoms with Crippen LogP contribution < -0.4 is 0 Å². The number of esters is 2. The van der Waals surface area contributed by atoms with E-state index in [1.807, 2.05) is 0 Å². The van der Waals surface area contributed by atoms with Gasteiger partial charge in [0.05, 0.1) is 13.2 Å². The van der Waals surface area contributed by atoms with Crippen LogP contribution in [0.15, 0.2) is 0 Å². The first-order valence-electron chi connectivity index (χ1n) is 7.70. The van der Waals surface area contributed by atoms with Crippen LogP contribution in [-0.2, 0) is 23.9 Å². The van der Waals surface area contributed by atoms with E-state index in [0.29, 0.717) is 45.1 Å². The Labute approximate surface area is 130 Å². The van der Waals surface area contributed by atoms with E-state index in [4.69, 9.17) is 19.7 Å². The van der Waals surface area contributed by atoms with E-state index < -0.39 is 5.97 Å². The highest BCUT2D eigenvalue weighted by Crippen LogP contribution is 2.04. The van der Waals surface area contributed by atoms with Crippen LogP contribution in [-0.4, -0.2) is 47.9 Å². The lowest BCUT2D eigenvalue weighted by atomic mass is 10.2. The van der Waals surface area contributed by atoms with Gasteiger partial charge in [0.2, 0.25) is 0 Å². The fourth-order valence-corrected chi connectivity index (χ4v) is 1.65. The van der Waals surface area contributed by atoms with Crippen molar-refractivity contribution >= 4 is 17.9 Å². The molecule has 0 aromatic rings. The van der Waals surface area contributed by atoms with Gasteiger partial charge in [-0.15, -0.1) is 0 Å². The molecule has 0 radical (unpaired) electrons. The van der Waals surface area contributed by atoms with E-state index in [1.54, 1.807) is 0 Å². The number of ether oxygens (including phenoxy) is 2. The zero-order chi connectivity index (χ0) is 16.6. The number of carbonyl (C=O) groups is 3. The number of hydrogen-bond donors (Lipinski definition) is 2. The SMILES string of the molecule is O=C(O)CCCCOC(=O)CCCCC(=O)OCCCCO. The first kappa shape index (κ1) is 20.4. The van der Waals surface area contributed by atoms with E-state index in [2.05, 4.69) is 0 Å². The summed E-state index contributed by atoms with van der Waals surface area (Å²) in [6.07, 6.45) is 4.01. The third-order valence-corrected chi connectivity index (χ3v) is 2.88. The number of unbranched alkanes of at least 4 members (excludes halogenated alkanes) is 3. The van der Waals surface area contributed by atoms with Crippen molar-refractivity contribution in [2.75, 3.05) is 19.8 Å². The molecule has 22 heavy (non-hydrogen) atoms. The first-order valence-corrected chi connectivity index (χ1v) is 7.70. The van der Waals surface area contributed by atoms with Gasteiger partial charge in [-0.2, -0.15) is 0 Å². The molecule has 0 atom stereocenters. The highest BCUT2D eigenvalue weighted by atomic mass is 16.5. The number of rotatable bonds is 14. The highest BCUT2D eigenvalue weighted by molar-refractivity contribution is 5.70. The normalized spacial score (nSPS) is 10.2. The fraction of sp³-hybridized carbons (Fsp3) is 0.800. The molecule has 2 N–H and O–H groups in total. The molecule has 0 aromatic heterocycles. The summed E-state index contributed by atoms with van der Waals surface area (Å²) >= 11 is 0. The molecular formula is C15H26O7. The van der Waals surface area contributed by atoms with Gasteiger partial charge in [-0.05, 0) is 38.5 Å². The van der Waals surface area contributed by atoms with Crippen LogP contribution in [0, 0.1) is 0 Å². The third kappa shape index (κ3) is 14.8. The number of carboxylic acids is 1. The molecule has 0 aliphatic heterocycles. The van der Waals surface area contributed by atoms with E-state index in [0.717, 1.165) is 0 Å². The summed E-state index contributed by atoms with van der Waals surface area (Å²) in [6, 6.07) is 0. The molecule has 0 rings (SSSR count). The van der Waals surface area contributed by atoms with Crippen molar-refractivity contribution in [1.82, 2.24) is 0 Å². The number of aliphatic carboxylic acids is 1. The van der Waals surface area contributed by atoms with Crippen molar-refractivity contribution in [1.29, 1.82) is 0 Å². The maximum Gasteiger partial charge on any atom is 0.305 e. The second-order valence-corrected chi connectivity index (χ2v) is 4.93. The summed E-state index contributed by atoms with van der Waals surface area (Å²) < 4.78 is 9.90. The standard InChI is InChI=1S/C15H26O7/c16-10-4-6-12-22-15(20)9-2-1-8-14(19)21-11-5-3-7-13(17)18/h16H,1-12H2,(H,17,18). The van der Waals surface area contributed by atoms with Gasteiger partial charge < -0.3 is 19.7 Å². The van der Waals surface area contributed by atoms with Gasteiger partial charge in [0.1, 0.15) is 0 Å². The Balaban J connectivity index is 3.37. The molecule has 0 aromatic carbocycles. The molecule has 0 aliphatic rings. The quantitative estimate of drug-likeness (QED) is 0.370. The maximum atomic E-state index is 11.4. The molecular weight excluding hydrogens is 292 g/mol. The molecule has 0 fully saturated rings. The average molecular weight is 318 g/mol. The molecule has 0 saturated heterocycles. The van der Waals surface area contributed by atoms with Gasteiger partial charge in [-0.25, -0.2) is 0 Å². The Morgan fingerprint density at radius 2 is 1.14 bits per heavy atom. The van der Waals surface area contributed by atoms with Crippen molar-refractivity contribution in [3.05, 3.63) is 0 Å². The van der Waals surface area contributed by atoms with Gasteiger partial charge in [0.15, 0.2) is 0 Å². The summed E-state index contributed by atoms with van der Waals surface area (Å²) in [6.45, 7) is 0.646. The van der Waals surface area contributed by atoms with Gasteiger partial charge >= 0.3 is 17.9 Å². The second kappa shape index (κ2) is 14.3. The molecule has 0 amide bonds. The maximum absolute atomic E-state index is 11.4. The largest absolute Gasteiger partial charge is 0.481 e. The molecule has 0 spiro atoms. The molecule has 7 nitrogen and oxygen atoms in total. The highest BCUT2D eigenvalue weighted by Gasteiger charge is 2.06. The smallest absolute Gasteiger partial charge is 0.305 e. The molecule has 0 aliphatic carbocycles. The van der Waals surface area contributed by atoms with Gasteiger partial charge in [-0.1, -0.05) is 0 Å². The van der Waals surface area contributed by atoms with Crippen LogP contribution in [0.3, 0.4) is 0 Å². The number of aliphatic hydroxyl groups is 1. The molecule has 0 heterocycles. The number of carbonyl (C=O) groups excluding carboxylic acids is 2. The Morgan fingerprint density at radius 3 is 1.59 bits per heavy atom. The van der Waals surface area contributed by atoms with Crippen LogP contribution in [0.1, 0.15) is 57.8 Å². The first-order chi connectivity index (χ1) is 10.6. The van der Waals surface area contributed by atoms with E-state index in [-0.39, 0.29) is 44.4 Å². The summed E-state index contributed by atoms with van der Waals surface area (Å²) in [4.78, 5) is 32.9. The number of carboxylic acid groups (broad SMARTS) is 1. The van der Waals surface area contributed by atoms with Crippen LogP contribution in [0.25, 0.3) is 0 Å². The summed E-state index contributed by atoms with van der Waals surface area (Å²) in [7, 11) is 0. The van der Waals surface area contributed by atoms with Crippen LogP contribution >= 0.6 is 0 Å². The van der Waals surface area contributed by atoms with Gasteiger partial charge in [0.25, 0.3) is 0 Å². The Morgan fingerprint density at radius 1 is 0.682 bits per heavy atom. The predicted octanol–water partition coefficient (Wildman–Crippen LogP) is 1.66. The lowest BCUT2D eigenvalue weighted by Gasteiger charge is -2.05. The number of aliphatic hydroxyl groups excluding tert-OH is 1.